The molecule has 3 heteroatoms. The van der Waals surface area contributed by atoms with Crippen molar-refractivity contribution in [3.63, 3.8) is 0 Å². The first-order chi connectivity index (χ1) is 10.7. The summed E-state index contributed by atoms with van der Waals surface area (Å²) in [4.78, 5) is 12.2. The number of hydrogen-bond acceptors (Lipinski definition) is 3. The predicted molar refractivity (Wildman–Crippen MR) is 87.2 cm³/mol. The highest BCUT2D eigenvalue weighted by Gasteiger charge is 2.13. The van der Waals surface area contributed by atoms with Gasteiger partial charge in [0.15, 0.2) is 0 Å². The molecule has 0 saturated heterocycles. The molecule has 0 aliphatic heterocycles. The lowest BCUT2D eigenvalue weighted by Crippen LogP contribution is -2.10. The Balaban J connectivity index is 1.93. The van der Waals surface area contributed by atoms with Gasteiger partial charge in [-0.05, 0) is 30.2 Å². The Labute approximate surface area is 131 Å². The van der Waals surface area contributed by atoms with E-state index in [1.165, 1.54) is 0 Å². The van der Waals surface area contributed by atoms with Gasteiger partial charge in [-0.1, -0.05) is 49.0 Å². The van der Waals surface area contributed by atoms with Crippen LogP contribution in [-0.4, -0.2) is 19.2 Å². The van der Waals surface area contributed by atoms with Gasteiger partial charge in [-0.3, -0.25) is 0 Å². The van der Waals surface area contributed by atoms with Crippen LogP contribution in [0.2, 0.25) is 0 Å². The summed E-state index contributed by atoms with van der Waals surface area (Å²) in [5.41, 5.74) is 2.48. The average Bonchev–Trinajstić information content (AvgIpc) is 2.54. The molecule has 0 radical (unpaired) electrons. The molecule has 0 aromatic heterocycles. The van der Waals surface area contributed by atoms with Crippen molar-refractivity contribution in [2.45, 2.75) is 13.3 Å². The molecule has 0 heterocycles. The van der Waals surface area contributed by atoms with E-state index in [0.29, 0.717) is 30.9 Å². The van der Waals surface area contributed by atoms with Crippen molar-refractivity contribution in [1.29, 1.82) is 0 Å². The fourth-order valence-electron chi connectivity index (χ4n) is 1.95. The summed E-state index contributed by atoms with van der Waals surface area (Å²) in [6.07, 6.45) is 0.696. The summed E-state index contributed by atoms with van der Waals surface area (Å²) in [6.45, 7) is 6.39. The van der Waals surface area contributed by atoms with E-state index >= 15 is 0 Å². The van der Waals surface area contributed by atoms with Crippen molar-refractivity contribution < 1.29 is 14.3 Å². The second-order valence-electron chi connectivity index (χ2n) is 5.11. The summed E-state index contributed by atoms with van der Waals surface area (Å²) in [5.74, 6) is 0.156. The number of benzene rings is 2. The quantitative estimate of drug-likeness (QED) is 0.571. The standard InChI is InChI=1S/C19H20O3/c1-15(2)14-22-18-11-7-6-10-17(18)19(20)21-13-12-16-8-4-3-5-9-16/h3-11H,1,12-14H2,2H3. The van der Waals surface area contributed by atoms with Crippen LogP contribution in [0.5, 0.6) is 5.75 Å². The lowest BCUT2D eigenvalue weighted by molar-refractivity contribution is 0.0505. The summed E-state index contributed by atoms with van der Waals surface area (Å²) >= 11 is 0. The van der Waals surface area contributed by atoms with Crippen LogP contribution in [0.1, 0.15) is 22.8 Å². The average molecular weight is 296 g/mol. The van der Waals surface area contributed by atoms with Crippen LogP contribution in [0.4, 0.5) is 0 Å². The van der Waals surface area contributed by atoms with Gasteiger partial charge in [0.25, 0.3) is 0 Å². The van der Waals surface area contributed by atoms with Gasteiger partial charge < -0.3 is 9.47 Å². The first-order valence-electron chi connectivity index (χ1n) is 7.24. The largest absolute Gasteiger partial charge is 0.488 e. The van der Waals surface area contributed by atoms with E-state index in [0.717, 1.165) is 11.1 Å². The maximum atomic E-state index is 12.2. The van der Waals surface area contributed by atoms with Crippen molar-refractivity contribution in [2.75, 3.05) is 13.2 Å². The number of para-hydroxylation sites is 1. The van der Waals surface area contributed by atoms with Gasteiger partial charge in [0.2, 0.25) is 0 Å². The number of rotatable bonds is 7. The molecule has 2 aromatic rings. The molecule has 0 aliphatic rings. The van der Waals surface area contributed by atoms with Gasteiger partial charge in [0.1, 0.15) is 17.9 Å². The van der Waals surface area contributed by atoms with E-state index in [1.807, 2.05) is 43.3 Å². The van der Waals surface area contributed by atoms with Gasteiger partial charge in [-0.2, -0.15) is 0 Å². The molecule has 3 nitrogen and oxygen atoms in total. The highest BCUT2D eigenvalue weighted by atomic mass is 16.5. The second-order valence-corrected chi connectivity index (χ2v) is 5.11. The van der Waals surface area contributed by atoms with Crippen LogP contribution < -0.4 is 4.74 Å². The van der Waals surface area contributed by atoms with E-state index < -0.39 is 0 Å². The third-order valence-electron chi connectivity index (χ3n) is 3.05. The topological polar surface area (TPSA) is 35.5 Å². The molecule has 2 aromatic carbocycles. The molecule has 0 unspecified atom stereocenters. The Kier molecular flexibility index (Phi) is 5.78. The number of ether oxygens (including phenoxy) is 2. The molecule has 0 bridgehead atoms. The van der Waals surface area contributed by atoms with Crippen molar-refractivity contribution in [3.05, 3.63) is 77.9 Å². The van der Waals surface area contributed by atoms with Crippen molar-refractivity contribution >= 4 is 5.97 Å². The number of carbonyl (C=O) groups is 1. The molecule has 0 fully saturated rings. The van der Waals surface area contributed by atoms with Gasteiger partial charge in [-0.25, -0.2) is 4.79 Å². The molecule has 0 N–H and O–H groups in total. The SMILES string of the molecule is C=C(C)COc1ccccc1C(=O)OCCc1ccccc1. The van der Waals surface area contributed by atoms with Gasteiger partial charge in [-0.15, -0.1) is 0 Å². The summed E-state index contributed by atoms with van der Waals surface area (Å²) in [7, 11) is 0. The number of carbonyl (C=O) groups excluding carboxylic acids is 1. The van der Waals surface area contributed by atoms with Crippen molar-refractivity contribution in [3.8, 4) is 5.75 Å². The van der Waals surface area contributed by atoms with Crippen molar-refractivity contribution in [1.82, 2.24) is 0 Å². The molecular weight excluding hydrogens is 276 g/mol. The maximum Gasteiger partial charge on any atom is 0.341 e. The van der Waals surface area contributed by atoms with Gasteiger partial charge >= 0.3 is 5.97 Å². The molecule has 0 atom stereocenters. The fourth-order valence-corrected chi connectivity index (χ4v) is 1.95. The normalized spacial score (nSPS) is 10.0. The molecule has 0 saturated carbocycles. The van der Waals surface area contributed by atoms with Crippen LogP contribution >= 0.6 is 0 Å². The monoisotopic (exact) mass is 296 g/mol. The highest BCUT2D eigenvalue weighted by Crippen LogP contribution is 2.19. The first-order valence-corrected chi connectivity index (χ1v) is 7.24. The van der Waals surface area contributed by atoms with Crippen LogP contribution in [0.15, 0.2) is 66.7 Å². The smallest absolute Gasteiger partial charge is 0.341 e. The Morgan fingerprint density at radius 3 is 2.45 bits per heavy atom. The van der Waals surface area contributed by atoms with Crippen LogP contribution in [0.3, 0.4) is 0 Å². The third kappa shape index (κ3) is 4.77. The lowest BCUT2D eigenvalue weighted by atomic mass is 10.2. The summed E-state index contributed by atoms with van der Waals surface area (Å²) < 4.78 is 10.9. The van der Waals surface area contributed by atoms with E-state index in [2.05, 4.69) is 6.58 Å². The van der Waals surface area contributed by atoms with Crippen molar-refractivity contribution in [2.24, 2.45) is 0 Å². The minimum atomic E-state index is -0.367. The maximum absolute atomic E-state index is 12.2. The minimum Gasteiger partial charge on any atom is -0.488 e. The number of esters is 1. The molecule has 0 aliphatic carbocycles. The Hall–Kier alpha value is -2.55. The molecule has 2 rings (SSSR count). The zero-order chi connectivity index (χ0) is 15.8. The van der Waals surface area contributed by atoms with E-state index in [-0.39, 0.29) is 5.97 Å². The molecular formula is C19H20O3. The number of hydrogen-bond donors (Lipinski definition) is 0. The zero-order valence-corrected chi connectivity index (χ0v) is 12.7. The van der Waals surface area contributed by atoms with E-state index in [9.17, 15) is 4.79 Å². The third-order valence-corrected chi connectivity index (χ3v) is 3.05. The second kappa shape index (κ2) is 8.03. The van der Waals surface area contributed by atoms with Gasteiger partial charge in [0.05, 0.1) is 6.61 Å². The molecule has 114 valence electrons. The van der Waals surface area contributed by atoms with E-state index in [4.69, 9.17) is 9.47 Å². The zero-order valence-electron chi connectivity index (χ0n) is 12.7. The summed E-state index contributed by atoms with van der Waals surface area (Å²) in [5, 5.41) is 0. The molecule has 0 spiro atoms. The van der Waals surface area contributed by atoms with Gasteiger partial charge in [0, 0.05) is 6.42 Å². The lowest BCUT2D eigenvalue weighted by Gasteiger charge is -2.11. The highest BCUT2D eigenvalue weighted by molar-refractivity contribution is 5.92. The minimum absolute atomic E-state index is 0.345. The first kappa shape index (κ1) is 15.8. The Morgan fingerprint density at radius 2 is 1.73 bits per heavy atom. The predicted octanol–water partition coefficient (Wildman–Crippen LogP) is 4.04. The van der Waals surface area contributed by atoms with Crippen LogP contribution in [-0.2, 0) is 11.2 Å². The Morgan fingerprint density at radius 1 is 1.05 bits per heavy atom. The molecule has 22 heavy (non-hydrogen) atoms. The fraction of sp³-hybridized carbons (Fsp3) is 0.211. The Bertz CT molecular complexity index is 632. The molecule has 0 amide bonds. The summed E-state index contributed by atoms with van der Waals surface area (Å²) in [6, 6.07) is 17.0. The van der Waals surface area contributed by atoms with Crippen LogP contribution in [0, 0.1) is 0 Å². The van der Waals surface area contributed by atoms with Crippen LogP contribution in [0.25, 0.3) is 0 Å². The van der Waals surface area contributed by atoms with E-state index in [1.54, 1.807) is 18.2 Å².